The van der Waals surface area contributed by atoms with Crippen molar-refractivity contribution >= 4 is 17.6 Å². The van der Waals surface area contributed by atoms with Crippen LogP contribution in [0.4, 0.5) is 5.69 Å². The van der Waals surface area contributed by atoms with Gasteiger partial charge >= 0.3 is 11.9 Å². The van der Waals surface area contributed by atoms with Crippen LogP contribution in [0.15, 0.2) is 24.3 Å². The summed E-state index contributed by atoms with van der Waals surface area (Å²) in [6, 6.07) is 4.91. The number of nitrogens with zero attached hydrogens (tertiary/aromatic N) is 1. The second-order valence-electron chi connectivity index (χ2n) is 5.38. The number of esters is 2. The molecule has 1 atom stereocenters. The lowest BCUT2D eigenvalue weighted by molar-refractivity contribution is -0.384. The van der Waals surface area contributed by atoms with E-state index in [2.05, 4.69) is 0 Å². The fourth-order valence-electron chi connectivity index (χ4n) is 1.38. The highest BCUT2D eigenvalue weighted by Crippen LogP contribution is 2.14. The van der Waals surface area contributed by atoms with Crippen LogP contribution >= 0.6 is 0 Å². The van der Waals surface area contributed by atoms with Gasteiger partial charge in [-0.2, -0.15) is 0 Å². The Kier molecular flexibility index (Phi) is 5.02. The summed E-state index contributed by atoms with van der Waals surface area (Å²) < 4.78 is 10.0. The number of hydrogen-bond donors (Lipinski definition) is 0. The van der Waals surface area contributed by atoms with Crippen LogP contribution in [0.25, 0.3) is 0 Å². The third-order valence-corrected chi connectivity index (χ3v) is 2.34. The summed E-state index contributed by atoms with van der Waals surface area (Å²) in [6.07, 6.45) is -1.06. The number of hydrogen-bond acceptors (Lipinski definition) is 6. The molecule has 114 valence electrons. The van der Waals surface area contributed by atoms with Crippen LogP contribution in [0.5, 0.6) is 0 Å². The minimum absolute atomic E-state index is 0.121. The van der Waals surface area contributed by atoms with Gasteiger partial charge in [-0.15, -0.1) is 0 Å². The molecule has 1 aromatic rings. The average molecular weight is 295 g/mol. The van der Waals surface area contributed by atoms with Crippen molar-refractivity contribution < 1.29 is 24.0 Å². The molecule has 7 heteroatoms. The van der Waals surface area contributed by atoms with Crippen LogP contribution in [-0.2, 0) is 14.3 Å². The van der Waals surface area contributed by atoms with Crippen molar-refractivity contribution in [2.24, 2.45) is 0 Å². The lowest BCUT2D eigenvalue weighted by atomic mass is 10.2. The molecule has 0 aromatic heterocycles. The number of nitro groups is 1. The predicted molar refractivity (Wildman–Crippen MR) is 73.8 cm³/mol. The Hall–Kier alpha value is -2.44. The largest absolute Gasteiger partial charge is 0.457 e. The predicted octanol–water partition coefficient (Wildman–Crippen LogP) is 2.48. The SMILES string of the molecule is C[C@@H](OC(=O)c1ccc([N+](=O)[O-])cc1)C(=O)OC(C)(C)C. The Morgan fingerprint density at radius 2 is 1.71 bits per heavy atom. The van der Waals surface area contributed by atoms with Gasteiger partial charge in [0.25, 0.3) is 5.69 Å². The number of rotatable bonds is 4. The van der Waals surface area contributed by atoms with Crippen molar-refractivity contribution in [3.8, 4) is 0 Å². The van der Waals surface area contributed by atoms with E-state index >= 15 is 0 Å². The maximum atomic E-state index is 11.8. The van der Waals surface area contributed by atoms with Gasteiger partial charge in [-0.05, 0) is 39.8 Å². The fraction of sp³-hybridized carbons (Fsp3) is 0.429. The van der Waals surface area contributed by atoms with Gasteiger partial charge in [-0.3, -0.25) is 10.1 Å². The number of non-ortho nitro benzene ring substituents is 1. The van der Waals surface area contributed by atoms with Crippen molar-refractivity contribution in [3.63, 3.8) is 0 Å². The second kappa shape index (κ2) is 6.34. The highest BCUT2D eigenvalue weighted by molar-refractivity contribution is 5.91. The summed E-state index contributed by atoms with van der Waals surface area (Å²) >= 11 is 0. The number of carbonyl (C=O) groups is 2. The maximum Gasteiger partial charge on any atom is 0.347 e. The van der Waals surface area contributed by atoms with Crippen LogP contribution in [-0.4, -0.2) is 28.6 Å². The van der Waals surface area contributed by atoms with Crippen LogP contribution in [0.1, 0.15) is 38.1 Å². The van der Waals surface area contributed by atoms with E-state index in [1.165, 1.54) is 31.2 Å². The molecule has 0 saturated carbocycles. The summed E-state index contributed by atoms with van der Waals surface area (Å²) in [7, 11) is 0. The van der Waals surface area contributed by atoms with Crippen LogP contribution < -0.4 is 0 Å². The number of nitro benzene ring substituents is 1. The van der Waals surface area contributed by atoms with Gasteiger partial charge < -0.3 is 9.47 Å². The molecule has 0 fully saturated rings. The molecule has 0 radical (unpaired) electrons. The highest BCUT2D eigenvalue weighted by Gasteiger charge is 2.25. The van der Waals surface area contributed by atoms with E-state index in [1.54, 1.807) is 20.8 Å². The van der Waals surface area contributed by atoms with E-state index < -0.39 is 28.6 Å². The van der Waals surface area contributed by atoms with Gasteiger partial charge in [0.1, 0.15) is 5.60 Å². The first-order valence-electron chi connectivity index (χ1n) is 6.28. The molecule has 1 rings (SSSR count). The summed E-state index contributed by atoms with van der Waals surface area (Å²) in [4.78, 5) is 33.4. The molecular weight excluding hydrogens is 278 g/mol. The topological polar surface area (TPSA) is 95.7 Å². The molecule has 0 aliphatic heterocycles. The Morgan fingerprint density at radius 1 is 1.19 bits per heavy atom. The molecule has 21 heavy (non-hydrogen) atoms. The molecule has 0 unspecified atom stereocenters. The van der Waals surface area contributed by atoms with Crippen molar-refractivity contribution in [3.05, 3.63) is 39.9 Å². The lowest BCUT2D eigenvalue weighted by Gasteiger charge is -2.22. The molecule has 0 heterocycles. The maximum absolute atomic E-state index is 11.8. The fourth-order valence-corrected chi connectivity index (χ4v) is 1.38. The van der Waals surface area contributed by atoms with Crippen LogP contribution in [0.3, 0.4) is 0 Å². The van der Waals surface area contributed by atoms with E-state index in [0.29, 0.717) is 0 Å². The smallest absolute Gasteiger partial charge is 0.347 e. The number of carbonyl (C=O) groups excluding carboxylic acids is 2. The first kappa shape index (κ1) is 16.6. The Labute approximate surface area is 122 Å². The summed E-state index contributed by atoms with van der Waals surface area (Å²) in [5.74, 6) is -1.40. The molecule has 1 aromatic carbocycles. The van der Waals surface area contributed by atoms with Crippen molar-refractivity contribution in [1.82, 2.24) is 0 Å². The van der Waals surface area contributed by atoms with E-state index in [-0.39, 0.29) is 11.3 Å². The molecular formula is C14H17NO6. The minimum Gasteiger partial charge on any atom is -0.457 e. The standard InChI is InChI=1S/C14H17NO6/c1-9(12(16)21-14(2,3)4)20-13(17)10-5-7-11(8-6-10)15(18)19/h5-9H,1-4H3/t9-/m1/s1. The molecule has 0 amide bonds. The van der Waals surface area contributed by atoms with E-state index in [4.69, 9.17) is 9.47 Å². The molecule has 0 aliphatic carbocycles. The number of benzene rings is 1. The Morgan fingerprint density at radius 3 is 2.14 bits per heavy atom. The van der Waals surface area contributed by atoms with Gasteiger partial charge in [0.15, 0.2) is 6.10 Å². The first-order valence-corrected chi connectivity index (χ1v) is 6.28. The van der Waals surface area contributed by atoms with E-state index in [9.17, 15) is 19.7 Å². The zero-order valence-corrected chi connectivity index (χ0v) is 12.3. The normalized spacial score (nSPS) is 12.4. The Bertz CT molecular complexity index is 544. The van der Waals surface area contributed by atoms with Gasteiger partial charge in [-0.1, -0.05) is 0 Å². The van der Waals surface area contributed by atoms with Crippen molar-refractivity contribution in [2.75, 3.05) is 0 Å². The number of ether oxygens (including phenoxy) is 2. The van der Waals surface area contributed by atoms with E-state index in [1.807, 2.05) is 0 Å². The van der Waals surface area contributed by atoms with Crippen molar-refractivity contribution in [2.45, 2.75) is 39.4 Å². The Balaban J connectivity index is 2.68. The zero-order chi connectivity index (χ0) is 16.2. The third kappa shape index (κ3) is 5.21. The summed E-state index contributed by atoms with van der Waals surface area (Å²) in [5, 5.41) is 10.5. The van der Waals surface area contributed by atoms with Gasteiger partial charge in [0.2, 0.25) is 0 Å². The summed E-state index contributed by atoms with van der Waals surface area (Å²) in [6.45, 7) is 6.51. The quantitative estimate of drug-likeness (QED) is 0.481. The molecule has 0 spiro atoms. The zero-order valence-electron chi connectivity index (χ0n) is 12.3. The molecule has 7 nitrogen and oxygen atoms in total. The highest BCUT2D eigenvalue weighted by atomic mass is 16.6. The lowest BCUT2D eigenvalue weighted by Crippen LogP contribution is -2.33. The van der Waals surface area contributed by atoms with Crippen molar-refractivity contribution in [1.29, 1.82) is 0 Å². The van der Waals surface area contributed by atoms with Crippen LogP contribution in [0.2, 0.25) is 0 Å². The van der Waals surface area contributed by atoms with Gasteiger partial charge in [0.05, 0.1) is 10.5 Å². The monoisotopic (exact) mass is 295 g/mol. The minimum atomic E-state index is -1.06. The molecule has 0 saturated heterocycles. The van der Waals surface area contributed by atoms with Gasteiger partial charge in [0, 0.05) is 12.1 Å². The second-order valence-corrected chi connectivity index (χ2v) is 5.38. The first-order chi connectivity index (χ1) is 9.60. The van der Waals surface area contributed by atoms with Crippen LogP contribution in [0, 0.1) is 10.1 Å². The third-order valence-electron chi connectivity index (χ3n) is 2.34. The average Bonchev–Trinajstić information content (AvgIpc) is 2.36. The van der Waals surface area contributed by atoms with Gasteiger partial charge in [-0.25, -0.2) is 9.59 Å². The molecule has 0 aliphatic rings. The molecule has 0 bridgehead atoms. The summed E-state index contributed by atoms with van der Waals surface area (Å²) in [5.41, 5.74) is -0.687. The van der Waals surface area contributed by atoms with E-state index in [0.717, 1.165) is 0 Å². The molecule has 0 N–H and O–H groups in total.